The van der Waals surface area contributed by atoms with Crippen LogP contribution in [0.4, 0.5) is 17.1 Å². The van der Waals surface area contributed by atoms with Crippen molar-refractivity contribution in [3.8, 4) is 0 Å². The van der Waals surface area contributed by atoms with Gasteiger partial charge >= 0.3 is 0 Å². The average Bonchev–Trinajstić information content (AvgIpc) is 2.69. The number of benzene rings is 3. The first-order chi connectivity index (χ1) is 12.6. The van der Waals surface area contributed by atoms with Gasteiger partial charge in [0.2, 0.25) is 5.91 Å². The highest BCUT2D eigenvalue weighted by Crippen LogP contribution is 2.47. The van der Waals surface area contributed by atoms with Crippen LogP contribution in [0.1, 0.15) is 12.5 Å². The number of amides is 1. The minimum atomic E-state index is -0.0647. The summed E-state index contributed by atoms with van der Waals surface area (Å²) in [6.07, 6.45) is 0. The van der Waals surface area contributed by atoms with Gasteiger partial charge in [-0.05, 0) is 48.9 Å². The Balaban J connectivity index is 1.92. The number of carbonyl (C=O) groups excluding carboxylic acids is 1. The summed E-state index contributed by atoms with van der Waals surface area (Å²) in [5.74, 6) is -0.0647. The number of fused-ring (bicyclic) bond motifs is 3. The molecule has 4 rings (SSSR count). The standard InChI is InChI=1S/C21H18N2OS2/c1-13-15(22-14(2)24)11-12-20-21(13)23-16-7-3-4-8-17(16)25-18-9-5-6-10-19(18)26-20/h3-12,23H,1-2H3,(H,22,24). The van der Waals surface area contributed by atoms with E-state index in [1.165, 1.54) is 21.6 Å². The average molecular weight is 379 g/mol. The summed E-state index contributed by atoms with van der Waals surface area (Å²) in [6, 6.07) is 20.8. The van der Waals surface area contributed by atoms with Gasteiger partial charge in [0.1, 0.15) is 0 Å². The van der Waals surface area contributed by atoms with Crippen LogP contribution in [0, 0.1) is 6.92 Å². The topological polar surface area (TPSA) is 41.1 Å². The lowest BCUT2D eigenvalue weighted by Crippen LogP contribution is -2.08. The smallest absolute Gasteiger partial charge is 0.221 e. The van der Waals surface area contributed by atoms with E-state index in [1.807, 2.05) is 19.1 Å². The second-order valence-electron chi connectivity index (χ2n) is 6.06. The lowest BCUT2D eigenvalue weighted by Gasteiger charge is -2.18. The number of anilines is 3. The largest absolute Gasteiger partial charge is 0.353 e. The third-order valence-corrected chi connectivity index (χ3v) is 6.59. The predicted octanol–water partition coefficient (Wildman–Crippen LogP) is 6.31. The van der Waals surface area contributed by atoms with Crippen LogP contribution in [-0.4, -0.2) is 5.91 Å². The van der Waals surface area contributed by atoms with Gasteiger partial charge < -0.3 is 10.6 Å². The Kier molecular flexibility index (Phi) is 4.66. The minimum Gasteiger partial charge on any atom is -0.353 e. The molecule has 0 aliphatic carbocycles. The molecule has 0 saturated heterocycles. The van der Waals surface area contributed by atoms with Gasteiger partial charge in [-0.15, -0.1) is 0 Å². The number of hydrogen-bond acceptors (Lipinski definition) is 4. The first kappa shape index (κ1) is 17.1. The summed E-state index contributed by atoms with van der Waals surface area (Å²) >= 11 is 3.51. The Labute approximate surface area is 161 Å². The van der Waals surface area contributed by atoms with Gasteiger partial charge in [0.25, 0.3) is 0 Å². The van der Waals surface area contributed by atoms with E-state index in [1.54, 1.807) is 23.5 Å². The first-order valence-corrected chi connectivity index (χ1v) is 9.97. The van der Waals surface area contributed by atoms with E-state index < -0.39 is 0 Å². The molecular formula is C21H18N2OS2. The summed E-state index contributed by atoms with van der Waals surface area (Å²) in [5.41, 5.74) is 3.97. The molecule has 0 aromatic heterocycles. The second kappa shape index (κ2) is 7.09. The van der Waals surface area contributed by atoms with Crippen LogP contribution in [0.5, 0.6) is 0 Å². The van der Waals surface area contributed by atoms with Crippen LogP contribution in [0.3, 0.4) is 0 Å². The molecule has 1 aliphatic heterocycles. The van der Waals surface area contributed by atoms with Crippen molar-refractivity contribution in [2.45, 2.75) is 33.4 Å². The predicted molar refractivity (Wildman–Crippen MR) is 110 cm³/mol. The van der Waals surface area contributed by atoms with Crippen LogP contribution in [0.15, 0.2) is 80.2 Å². The maximum atomic E-state index is 11.5. The molecule has 2 N–H and O–H groups in total. The fourth-order valence-electron chi connectivity index (χ4n) is 2.90. The lowest BCUT2D eigenvalue weighted by atomic mass is 10.1. The second-order valence-corrected chi connectivity index (χ2v) is 8.23. The maximum absolute atomic E-state index is 11.5. The van der Waals surface area contributed by atoms with Crippen LogP contribution in [0.25, 0.3) is 0 Å². The summed E-state index contributed by atoms with van der Waals surface area (Å²) in [4.78, 5) is 16.3. The first-order valence-electron chi connectivity index (χ1n) is 8.34. The zero-order valence-corrected chi connectivity index (χ0v) is 16.1. The molecule has 1 heterocycles. The normalized spacial score (nSPS) is 12.4. The molecule has 0 atom stereocenters. The Morgan fingerprint density at radius 1 is 0.846 bits per heavy atom. The monoisotopic (exact) mass is 378 g/mol. The van der Waals surface area contributed by atoms with Gasteiger partial charge in [0.15, 0.2) is 0 Å². The van der Waals surface area contributed by atoms with Crippen molar-refractivity contribution in [1.29, 1.82) is 0 Å². The number of para-hydroxylation sites is 1. The molecule has 0 radical (unpaired) electrons. The highest BCUT2D eigenvalue weighted by atomic mass is 32.2. The van der Waals surface area contributed by atoms with E-state index in [2.05, 4.69) is 59.2 Å². The van der Waals surface area contributed by atoms with E-state index in [9.17, 15) is 4.79 Å². The van der Waals surface area contributed by atoms with Crippen LogP contribution >= 0.6 is 23.5 Å². The molecule has 0 fully saturated rings. The van der Waals surface area contributed by atoms with E-state index in [4.69, 9.17) is 0 Å². The third-order valence-electron chi connectivity index (χ3n) is 4.17. The summed E-state index contributed by atoms with van der Waals surface area (Å²) in [7, 11) is 0. The van der Waals surface area contributed by atoms with Gasteiger partial charge in [-0.1, -0.05) is 47.8 Å². The molecule has 3 aromatic rings. The highest BCUT2D eigenvalue weighted by molar-refractivity contribution is 8.02. The van der Waals surface area contributed by atoms with Gasteiger partial charge in [-0.3, -0.25) is 4.79 Å². The minimum absolute atomic E-state index is 0.0647. The van der Waals surface area contributed by atoms with Gasteiger partial charge in [0, 0.05) is 32.2 Å². The molecule has 3 aromatic carbocycles. The molecule has 3 nitrogen and oxygen atoms in total. The van der Waals surface area contributed by atoms with E-state index in [-0.39, 0.29) is 5.91 Å². The highest BCUT2D eigenvalue weighted by Gasteiger charge is 2.18. The van der Waals surface area contributed by atoms with E-state index >= 15 is 0 Å². The van der Waals surface area contributed by atoms with Crippen molar-refractivity contribution in [2.75, 3.05) is 10.6 Å². The zero-order chi connectivity index (χ0) is 18.1. The van der Waals surface area contributed by atoms with E-state index in [0.717, 1.165) is 27.5 Å². The maximum Gasteiger partial charge on any atom is 0.221 e. The van der Waals surface area contributed by atoms with Crippen molar-refractivity contribution < 1.29 is 4.79 Å². The van der Waals surface area contributed by atoms with Gasteiger partial charge in [-0.25, -0.2) is 0 Å². The fourth-order valence-corrected chi connectivity index (χ4v) is 5.07. The molecule has 0 saturated carbocycles. The number of carbonyl (C=O) groups is 1. The molecule has 0 bridgehead atoms. The van der Waals surface area contributed by atoms with Crippen molar-refractivity contribution in [1.82, 2.24) is 0 Å². The Bertz CT molecular complexity index is 995. The molecular weight excluding hydrogens is 360 g/mol. The Morgan fingerprint density at radius 2 is 1.46 bits per heavy atom. The van der Waals surface area contributed by atoms with Crippen molar-refractivity contribution in [3.63, 3.8) is 0 Å². The SMILES string of the molecule is CC(=O)Nc1ccc2c(c1C)Nc1ccccc1Sc1ccccc1S2. The lowest BCUT2D eigenvalue weighted by molar-refractivity contribution is -0.114. The third kappa shape index (κ3) is 3.32. The molecule has 1 amide bonds. The van der Waals surface area contributed by atoms with Crippen molar-refractivity contribution in [2.24, 2.45) is 0 Å². The van der Waals surface area contributed by atoms with Crippen molar-refractivity contribution >= 4 is 46.5 Å². The Hall–Kier alpha value is -2.37. The van der Waals surface area contributed by atoms with Crippen LogP contribution in [-0.2, 0) is 4.79 Å². The van der Waals surface area contributed by atoms with Gasteiger partial charge in [-0.2, -0.15) is 0 Å². The summed E-state index contributed by atoms with van der Waals surface area (Å²) in [6.45, 7) is 3.57. The van der Waals surface area contributed by atoms with Crippen molar-refractivity contribution in [3.05, 3.63) is 66.2 Å². The summed E-state index contributed by atoms with van der Waals surface area (Å²) in [5, 5.41) is 6.53. The fraction of sp³-hybridized carbons (Fsp3) is 0.0952. The molecule has 130 valence electrons. The zero-order valence-electron chi connectivity index (χ0n) is 14.5. The molecule has 1 aliphatic rings. The quantitative estimate of drug-likeness (QED) is 0.407. The van der Waals surface area contributed by atoms with E-state index in [0.29, 0.717) is 0 Å². The number of rotatable bonds is 1. The summed E-state index contributed by atoms with van der Waals surface area (Å²) < 4.78 is 0. The Morgan fingerprint density at radius 3 is 2.15 bits per heavy atom. The van der Waals surface area contributed by atoms with Crippen LogP contribution in [0.2, 0.25) is 0 Å². The molecule has 0 spiro atoms. The number of nitrogens with one attached hydrogen (secondary N) is 2. The molecule has 0 unspecified atom stereocenters. The molecule has 26 heavy (non-hydrogen) atoms. The molecule has 5 heteroatoms. The van der Waals surface area contributed by atoms with Crippen LogP contribution < -0.4 is 10.6 Å². The van der Waals surface area contributed by atoms with Gasteiger partial charge in [0.05, 0.1) is 11.4 Å². The number of hydrogen-bond donors (Lipinski definition) is 2.